The van der Waals surface area contributed by atoms with E-state index in [9.17, 15) is 0 Å². The van der Waals surface area contributed by atoms with E-state index in [2.05, 4.69) is 0 Å². The van der Waals surface area contributed by atoms with Crippen molar-refractivity contribution in [1.82, 2.24) is 0 Å². The van der Waals surface area contributed by atoms with E-state index in [1.54, 1.807) is 7.48 Å². The molecular weight excluding hydrogens is 74.9 g/mol. The van der Waals surface area contributed by atoms with Gasteiger partial charge in [-0.05, 0) is 13.8 Å². The third-order valence-electron chi connectivity index (χ3n) is 0.408. The van der Waals surface area contributed by atoms with Crippen LogP contribution < -0.4 is 0 Å². The van der Waals surface area contributed by atoms with Crippen LogP contribution in [0.1, 0.15) is 13.8 Å². The minimum Gasteiger partial charge on any atom is -0.439 e. The smallest absolute Gasteiger partial charge is 0.289 e. The van der Waals surface area contributed by atoms with Gasteiger partial charge >= 0.3 is 0 Å². The molecule has 0 heterocycles. The number of hydrogen-bond donors (Lipinski definition) is 0. The minimum atomic E-state index is 0.343. The van der Waals surface area contributed by atoms with Crippen LogP contribution in [-0.2, 0) is 4.65 Å². The standard InChI is InChI=1S/C4H10BO/c1-4(2)6-5-3/h4H,1-3H3. The summed E-state index contributed by atoms with van der Waals surface area (Å²) in [5.74, 6) is 0. The second-order valence-corrected chi connectivity index (χ2v) is 1.42. The van der Waals surface area contributed by atoms with Crippen LogP contribution in [0.25, 0.3) is 0 Å². The molecule has 0 aliphatic rings. The first-order chi connectivity index (χ1) is 2.77. The molecule has 0 spiro atoms. The first kappa shape index (κ1) is 6.02. The van der Waals surface area contributed by atoms with E-state index in [4.69, 9.17) is 4.65 Å². The summed E-state index contributed by atoms with van der Waals surface area (Å²) in [7, 11) is 1.70. The molecule has 0 aromatic rings. The molecule has 0 fully saturated rings. The lowest BCUT2D eigenvalue weighted by atomic mass is 10.1. The van der Waals surface area contributed by atoms with Gasteiger partial charge in [-0.2, -0.15) is 0 Å². The summed E-state index contributed by atoms with van der Waals surface area (Å²) in [4.78, 5) is 0. The van der Waals surface area contributed by atoms with Gasteiger partial charge in [-0.1, -0.05) is 6.82 Å². The highest BCUT2D eigenvalue weighted by atomic mass is 16.4. The Labute approximate surface area is 40.0 Å². The topological polar surface area (TPSA) is 9.23 Å². The van der Waals surface area contributed by atoms with Gasteiger partial charge in [0, 0.05) is 6.10 Å². The first-order valence-corrected chi connectivity index (χ1v) is 2.20. The third-order valence-corrected chi connectivity index (χ3v) is 0.408. The molecule has 6 heavy (non-hydrogen) atoms. The molecule has 35 valence electrons. The van der Waals surface area contributed by atoms with Crippen LogP contribution in [-0.4, -0.2) is 13.6 Å². The fourth-order valence-electron chi connectivity index (χ4n) is 0.272. The van der Waals surface area contributed by atoms with Gasteiger partial charge < -0.3 is 4.65 Å². The third kappa shape index (κ3) is 4.02. The van der Waals surface area contributed by atoms with Crippen molar-refractivity contribution in [3.05, 3.63) is 0 Å². The lowest BCUT2D eigenvalue weighted by molar-refractivity contribution is 0.258. The zero-order chi connectivity index (χ0) is 4.99. The summed E-state index contributed by atoms with van der Waals surface area (Å²) in [6.07, 6.45) is 0.343. The Kier molecular flexibility index (Phi) is 3.24. The summed E-state index contributed by atoms with van der Waals surface area (Å²) in [5.41, 5.74) is 0. The SMILES string of the molecule is C[B]OC(C)C. The molecule has 0 aromatic carbocycles. The summed E-state index contributed by atoms with van der Waals surface area (Å²) >= 11 is 0. The zero-order valence-corrected chi connectivity index (χ0v) is 4.56. The maximum absolute atomic E-state index is 4.92. The Morgan fingerprint density at radius 1 is 1.50 bits per heavy atom. The predicted molar refractivity (Wildman–Crippen MR) is 27.8 cm³/mol. The Balaban J connectivity index is 2.63. The molecule has 0 amide bonds. The lowest BCUT2D eigenvalue weighted by Gasteiger charge is -2.00. The van der Waals surface area contributed by atoms with Gasteiger partial charge in [0.1, 0.15) is 0 Å². The fraction of sp³-hybridized carbons (Fsp3) is 1.00. The molecule has 0 aliphatic heterocycles. The van der Waals surface area contributed by atoms with Crippen LogP contribution in [0, 0.1) is 0 Å². The fourth-order valence-corrected chi connectivity index (χ4v) is 0.272. The average molecular weight is 84.9 g/mol. The molecule has 0 rings (SSSR count). The van der Waals surface area contributed by atoms with E-state index in [1.165, 1.54) is 0 Å². The van der Waals surface area contributed by atoms with Crippen LogP contribution >= 0.6 is 0 Å². The quantitative estimate of drug-likeness (QED) is 0.456. The molecule has 0 N–H and O–H groups in total. The lowest BCUT2D eigenvalue weighted by Crippen LogP contribution is -2.02. The van der Waals surface area contributed by atoms with Crippen molar-refractivity contribution in [2.45, 2.75) is 26.8 Å². The van der Waals surface area contributed by atoms with Gasteiger partial charge in [0.2, 0.25) is 0 Å². The highest BCUT2D eigenvalue weighted by Gasteiger charge is 1.85. The molecule has 0 aromatic heterocycles. The van der Waals surface area contributed by atoms with E-state index in [-0.39, 0.29) is 0 Å². The van der Waals surface area contributed by atoms with Crippen LogP contribution in [0.2, 0.25) is 6.82 Å². The zero-order valence-electron chi connectivity index (χ0n) is 4.56. The maximum Gasteiger partial charge on any atom is 0.289 e. The monoisotopic (exact) mass is 85.1 g/mol. The van der Waals surface area contributed by atoms with Crippen molar-refractivity contribution in [2.75, 3.05) is 0 Å². The first-order valence-electron chi connectivity index (χ1n) is 2.20. The number of rotatable bonds is 2. The van der Waals surface area contributed by atoms with E-state index < -0.39 is 0 Å². The van der Waals surface area contributed by atoms with E-state index in [1.807, 2.05) is 20.7 Å². The highest BCUT2D eigenvalue weighted by molar-refractivity contribution is 6.24. The van der Waals surface area contributed by atoms with Gasteiger partial charge in [-0.25, -0.2) is 0 Å². The maximum atomic E-state index is 4.92. The largest absolute Gasteiger partial charge is 0.439 e. The summed E-state index contributed by atoms with van der Waals surface area (Å²) in [6.45, 7) is 5.88. The Hall–Kier alpha value is 0.0249. The van der Waals surface area contributed by atoms with E-state index in [0.717, 1.165) is 0 Å². The van der Waals surface area contributed by atoms with Gasteiger partial charge in [0.05, 0.1) is 0 Å². The van der Waals surface area contributed by atoms with Crippen LogP contribution in [0.5, 0.6) is 0 Å². The molecule has 0 unspecified atom stereocenters. The number of hydrogen-bond acceptors (Lipinski definition) is 1. The van der Waals surface area contributed by atoms with Gasteiger partial charge in [-0.15, -0.1) is 0 Å². The second kappa shape index (κ2) is 3.22. The summed E-state index contributed by atoms with van der Waals surface area (Å²) < 4.78 is 4.92. The van der Waals surface area contributed by atoms with Gasteiger partial charge in [-0.3, -0.25) is 0 Å². The molecule has 0 saturated carbocycles. The van der Waals surface area contributed by atoms with Crippen molar-refractivity contribution in [1.29, 1.82) is 0 Å². The van der Waals surface area contributed by atoms with Crippen molar-refractivity contribution < 1.29 is 4.65 Å². The Bertz CT molecular complexity index is 28.7. The van der Waals surface area contributed by atoms with E-state index in [0.29, 0.717) is 6.10 Å². The van der Waals surface area contributed by atoms with Crippen molar-refractivity contribution in [2.24, 2.45) is 0 Å². The average Bonchev–Trinajstić information content (AvgIpc) is 1.35. The second-order valence-electron chi connectivity index (χ2n) is 1.42. The predicted octanol–water partition coefficient (Wildman–Crippen LogP) is 1.08. The molecular formula is C4H10BO. The molecule has 1 radical (unpaired) electrons. The molecule has 0 saturated heterocycles. The van der Waals surface area contributed by atoms with Crippen LogP contribution in [0.15, 0.2) is 0 Å². The molecule has 0 aliphatic carbocycles. The van der Waals surface area contributed by atoms with Gasteiger partial charge in [0.25, 0.3) is 7.48 Å². The van der Waals surface area contributed by atoms with Crippen molar-refractivity contribution in [3.8, 4) is 0 Å². The normalized spacial score (nSPS) is 9.33. The molecule has 1 nitrogen and oxygen atoms in total. The molecule has 0 atom stereocenters. The molecule has 0 bridgehead atoms. The Morgan fingerprint density at radius 3 is 2.00 bits per heavy atom. The van der Waals surface area contributed by atoms with Crippen LogP contribution in [0.4, 0.5) is 0 Å². The van der Waals surface area contributed by atoms with Crippen molar-refractivity contribution >= 4 is 7.48 Å². The minimum absolute atomic E-state index is 0.343. The highest BCUT2D eigenvalue weighted by Crippen LogP contribution is 1.81. The van der Waals surface area contributed by atoms with Crippen LogP contribution in [0.3, 0.4) is 0 Å². The Morgan fingerprint density at radius 2 is 2.00 bits per heavy atom. The summed E-state index contributed by atoms with van der Waals surface area (Å²) in [5, 5.41) is 0. The van der Waals surface area contributed by atoms with Gasteiger partial charge in [0.15, 0.2) is 0 Å². The van der Waals surface area contributed by atoms with Crippen molar-refractivity contribution in [3.63, 3.8) is 0 Å². The molecule has 2 heteroatoms. The van der Waals surface area contributed by atoms with E-state index >= 15 is 0 Å². The summed E-state index contributed by atoms with van der Waals surface area (Å²) in [6, 6.07) is 0.